The van der Waals surface area contributed by atoms with E-state index in [1.807, 2.05) is 0 Å². The van der Waals surface area contributed by atoms with Crippen LogP contribution in [0.15, 0.2) is 12.2 Å². The molecule has 5 heteroatoms. The second-order valence-corrected chi connectivity index (χ2v) is 10.9. The Kier molecular flexibility index (Phi) is 4.88. The molecule has 0 radical (unpaired) electrons. The van der Waals surface area contributed by atoms with Crippen LogP contribution in [-0.2, 0) is 18.7 Å². The van der Waals surface area contributed by atoms with Gasteiger partial charge in [-0.1, -0.05) is 20.8 Å². The molecule has 1 aliphatic heterocycles. The summed E-state index contributed by atoms with van der Waals surface area (Å²) in [6.07, 6.45) is 2.13. The highest BCUT2D eigenvalue weighted by molar-refractivity contribution is 6.74. The van der Waals surface area contributed by atoms with Crippen LogP contribution in [0.2, 0.25) is 18.1 Å². The number of methoxy groups -OCH3 is 1. The van der Waals surface area contributed by atoms with Gasteiger partial charge in [-0.2, -0.15) is 0 Å². The molecule has 0 N–H and O–H groups in total. The zero-order valence-corrected chi connectivity index (χ0v) is 13.1. The van der Waals surface area contributed by atoms with E-state index in [2.05, 4.69) is 33.9 Å². The highest BCUT2D eigenvalue weighted by Crippen LogP contribution is 2.36. The maximum absolute atomic E-state index is 11.7. The van der Waals surface area contributed by atoms with E-state index in [-0.39, 0.29) is 10.8 Å². The predicted molar refractivity (Wildman–Crippen MR) is 73.0 cm³/mol. The molecular weight excluding hydrogens is 248 g/mol. The number of hydrogen-bond donors (Lipinski definition) is 0. The average Bonchev–Trinajstić information content (AvgIpc) is 2.26. The fraction of sp³-hybridized carbons (Fsp3) is 0.769. The Morgan fingerprint density at radius 3 is 2.50 bits per heavy atom. The second kappa shape index (κ2) is 5.65. The maximum atomic E-state index is 11.7. The van der Waals surface area contributed by atoms with Crippen LogP contribution < -0.4 is 0 Å². The van der Waals surface area contributed by atoms with Crippen LogP contribution in [0.4, 0.5) is 0 Å². The number of carbonyl (C=O) groups excluding carboxylic acids is 1. The van der Waals surface area contributed by atoms with Crippen LogP contribution in [-0.4, -0.2) is 40.2 Å². The molecule has 0 spiro atoms. The summed E-state index contributed by atoms with van der Waals surface area (Å²) in [7, 11) is -0.296. The molecule has 0 aromatic carbocycles. The van der Waals surface area contributed by atoms with Crippen LogP contribution in [0.25, 0.3) is 0 Å². The number of rotatable bonds is 4. The van der Waals surface area contributed by atoms with Crippen LogP contribution in [0, 0.1) is 0 Å². The van der Waals surface area contributed by atoms with Gasteiger partial charge in [0.2, 0.25) is 0 Å². The summed E-state index contributed by atoms with van der Waals surface area (Å²) in [4.78, 5) is 11.7. The molecule has 1 rings (SSSR count). The van der Waals surface area contributed by atoms with Gasteiger partial charge in [-0.3, -0.25) is 4.79 Å². The van der Waals surface area contributed by atoms with Crippen molar-refractivity contribution >= 4 is 14.1 Å². The fourth-order valence-corrected chi connectivity index (χ4v) is 2.31. The van der Waals surface area contributed by atoms with Gasteiger partial charge in [-0.15, -0.1) is 0 Å². The quantitative estimate of drug-likeness (QED) is 0.738. The molecule has 0 bridgehead atoms. The molecule has 0 saturated carbocycles. The van der Waals surface area contributed by atoms with Crippen molar-refractivity contribution in [2.75, 3.05) is 13.7 Å². The average molecular weight is 272 g/mol. The lowest BCUT2D eigenvalue weighted by Gasteiger charge is -2.37. The van der Waals surface area contributed by atoms with E-state index in [9.17, 15) is 4.79 Å². The number of ether oxygens (including phenoxy) is 2. The molecule has 104 valence electrons. The molecule has 0 saturated heterocycles. The molecule has 18 heavy (non-hydrogen) atoms. The minimum absolute atomic E-state index is 0.0537. The Hall–Kier alpha value is -0.493. The largest absolute Gasteiger partial charge is 0.414 e. The molecule has 0 unspecified atom stereocenters. The minimum atomic E-state index is -1.85. The summed E-state index contributed by atoms with van der Waals surface area (Å²) in [6, 6.07) is 0. The molecule has 0 amide bonds. The lowest BCUT2D eigenvalue weighted by atomic mass is 10.2. The van der Waals surface area contributed by atoms with Crippen LogP contribution >= 0.6 is 0 Å². The Balaban J connectivity index is 2.59. The van der Waals surface area contributed by atoms with Crippen molar-refractivity contribution in [3.63, 3.8) is 0 Å². The Bertz CT molecular complexity index is 330. The van der Waals surface area contributed by atoms with Gasteiger partial charge < -0.3 is 13.9 Å². The summed E-state index contributed by atoms with van der Waals surface area (Å²) in [5.74, 6) is -0.0537. The van der Waals surface area contributed by atoms with Gasteiger partial charge in [0.25, 0.3) is 0 Å². The number of ketones is 1. The fourth-order valence-electron chi connectivity index (χ4n) is 1.31. The van der Waals surface area contributed by atoms with Gasteiger partial charge in [0, 0.05) is 7.11 Å². The maximum Gasteiger partial charge on any atom is 0.192 e. The first-order valence-electron chi connectivity index (χ1n) is 6.21. The van der Waals surface area contributed by atoms with E-state index < -0.39 is 20.7 Å². The topological polar surface area (TPSA) is 44.8 Å². The lowest BCUT2D eigenvalue weighted by Crippen LogP contribution is -2.45. The smallest absolute Gasteiger partial charge is 0.192 e. The first kappa shape index (κ1) is 15.6. The molecule has 0 aromatic rings. The van der Waals surface area contributed by atoms with Crippen molar-refractivity contribution in [3.8, 4) is 0 Å². The summed E-state index contributed by atoms with van der Waals surface area (Å²) in [5, 5.41) is 0.126. The van der Waals surface area contributed by atoms with Crippen LogP contribution in [0.5, 0.6) is 0 Å². The third-order valence-corrected chi connectivity index (χ3v) is 8.17. The molecule has 1 aliphatic rings. The van der Waals surface area contributed by atoms with E-state index in [0.29, 0.717) is 6.61 Å². The van der Waals surface area contributed by atoms with Crippen LogP contribution in [0.1, 0.15) is 20.8 Å². The molecule has 0 aliphatic carbocycles. The summed E-state index contributed by atoms with van der Waals surface area (Å²) in [5.41, 5.74) is 0. The molecular formula is C13H24O4Si. The van der Waals surface area contributed by atoms with E-state index in [1.165, 1.54) is 6.08 Å². The molecule has 0 fully saturated rings. The van der Waals surface area contributed by atoms with Gasteiger partial charge in [-0.05, 0) is 30.3 Å². The Morgan fingerprint density at radius 2 is 2.00 bits per heavy atom. The third kappa shape index (κ3) is 3.75. The molecule has 0 aromatic heterocycles. The molecule has 2 atom stereocenters. The lowest BCUT2D eigenvalue weighted by molar-refractivity contribution is -0.159. The normalized spacial score (nSPS) is 25.6. The zero-order valence-electron chi connectivity index (χ0n) is 12.1. The highest BCUT2D eigenvalue weighted by atomic mass is 28.4. The summed E-state index contributed by atoms with van der Waals surface area (Å²) < 4.78 is 16.6. The van der Waals surface area contributed by atoms with E-state index in [1.54, 1.807) is 13.2 Å². The van der Waals surface area contributed by atoms with Crippen LogP contribution in [0.3, 0.4) is 0 Å². The SMILES string of the molecule is CO[C@@H]1C=CC(=O)[C@H](CO[Si](C)(C)C(C)(C)C)O1. The summed E-state index contributed by atoms with van der Waals surface area (Å²) in [6.45, 7) is 11.1. The zero-order chi connectivity index (χ0) is 14.0. The Morgan fingerprint density at radius 1 is 1.39 bits per heavy atom. The first-order valence-corrected chi connectivity index (χ1v) is 9.12. The van der Waals surface area contributed by atoms with E-state index in [4.69, 9.17) is 13.9 Å². The van der Waals surface area contributed by atoms with Gasteiger partial charge in [0.05, 0.1) is 6.61 Å². The van der Waals surface area contributed by atoms with Crippen molar-refractivity contribution in [1.29, 1.82) is 0 Å². The number of carbonyl (C=O) groups is 1. The van der Waals surface area contributed by atoms with Crippen molar-refractivity contribution in [2.45, 2.75) is 51.3 Å². The van der Waals surface area contributed by atoms with E-state index >= 15 is 0 Å². The first-order chi connectivity index (χ1) is 8.17. The molecule has 4 nitrogen and oxygen atoms in total. The Labute approximate surface area is 110 Å². The van der Waals surface area contributed by atoms with Gasteiger partial charge in [0.1, 0.15) is 6.10 Å². The standard InChI is InChI=1S/C13H24O4Si/c1-13(2,3)18(5,6)16-9-11-10(14)7-8-12(15-4)17-11/h7-8,11-12H,9H2,1-6H3/t11-,12-/m0/s1. The highest BCUT2D eigenvalue weighted by Gasteiger charge is 2.38. The minimum Gasteiger partial charge on any atom is -0.414 e. The van der Waals surface area contributed by atoms with Gasteiger partial charge >= 0.3 is 0 Å². The second-order valence-electron chi connectivity index (χ2n) is 6.06. The van der Waals surface area contributed by atoms with Gasteiger partial charge in [-0.25, -0.2) is 0 Å². The van der Waals surface area contributed by atoms with E-state index in [0.717, 1.165) is 0 Å². The summed E-state index contributed by atoms with van der Waals surface area (Å²) >= 11 is 0. The van der Waals surface area contributed by atoms with Crippen molar-refractivity contribution < 1.29 is 18.7 Å². The van der Waals surface area contributed by atoms with Gasteiger partial charge in [0.15, 0.2) is 20.4 Å². The third-order valence-electron chi connectivity index (χ3n) is 3.67. The predicted octanol–water partition coefficient (Wildman–Crippen LogP) is 2.50. The molecule has 1 heterocycles. The van der Waals surface area contributed by atoms with Crippen molar-refractivity contribution in [1.82, 2.24) is 0 Å². The number of hydrogen-bond acceptors (Lipinski definition) is 4. The van der Waals surface area contributed by atoms with Crippen molar-refractivity contribution in [2.24, 2.45) is 0 Å². The monoisotopic (exact) mass is 272 g/mol. The van der Waals surface area contributed by atoms with Crippen molar-refractivity contribution in [3.05, 3.63) is 12.2 Å².